The molecule has 1 heterocycles. The number of primary sulfonamides is 1. The Morgan fingerprint density at radius 3 is 2.19 bits per heavy atom. The van der Waals surface area contributed by atoms with Crippen LogP contribution in [0.3, 0.4) is 0 Å². The van der Waals surface area contributed by atoms with Gasteiger partial charge in [-0.3, -0.25) is 4.79 Å². The van der Waals surface area contributed by atoms with Gasteiger partial charge in [0, 0.05) is 28.5 Å². The molecule has 12 heteroatoms. The van der Waals surface area contributed by atoms with Crippen LogP contribution in [0.5, 0.6) is 0 Å². The maximum atomic E-state index is 12.7. The predicted molar refractivity (Wildman–Crippen MR) is 106 cm³/mol. The Kier molecular flexibility index (Phi) is 6.03. The number of hydrogen-bond acceptors (Lipinski definition) is 5. The summed E-state index contributed by atoms with van der Waals surface area (Å²) >= 11 is 6.16. The number of nitrogens with zero attached hydrogens (tertiary/aromatic N) is 2. The summed E-state index contributed by atoms with van der Waals surface area (Å²) in [5.74, 6) is -3.26. The van der Waals surface area contributed by atoms with E-state index < -0.39 is 38.7 Å². The summed E-state index contributed by atoms with van der Waals surface area (Å²) in [7, 11) is -4.36. The number of primary amides is 1. The Bertz CT molecular complexity index is 1250. The summed E-state index contributed by atoms with van der Waals surface area (Å²) in [4.78, 5) is 18.2. The van der Waals surface area contributed by atoms with E-state index in [-0.39, 0.29) is 21.7 Å². The number of halogens is 4. The number of benzene rings is 2. The molecule has 162 valence electrons. The summed E-state index contributed by atoms with van der Waals surface area (Å²) in [5, 5.41) is 5.56. The van der Waals surface area contributed by atoms with Gasteiger partial charge in [0.2, 0.25) is 21.8 Å². The zero-order valence-electron chi connectivity index (χ0n) is 15.5. The molecule has 4 N–H and O–H groups in total. The topological polar surface area (TPSA) is 129 Å². The highest BCUT2D eigenvalue weighted by Gasteiger charge is 2.34. The Morgan fingerprint density at radius 1 is 1.06 bits per heavy atom. The molecule has 1 atom stereocenters. The largest absolute Gasteiger partial charge is 0.451 e. The van der Waals surface area contributed by atoms with Crippen molar-refractivity contribution in [1.82, 2.24) is 9.97 Å². The van der Waals surface area contributed by atoms with E-state index in [1.54, 1.807) is 24.3 Å². The van der Waals surface area contributed by atoms with Crippen LogP contribution < -0.4 is 10.9 Å². The second kappa shape index (κ2) is 8.25. The minimum absolute atomic E-state index is 0.0167. The van der Waals surface area contributed by atoms with Gasteiger partial charge in [-0.1, -0.05) is 41.9 Å². The van der Waals surface area contributed by atoms with Crippen molar-refractivity contribution in [2.24, 2.45) is 10.9 Å². The van der Waals surface area contributed by atoms with E-state index in [1.165, 1.54) is 12.1 Å². The van der Waals surface area contributed by atoms with E-state index >= 15 is 0 Å². The maximum absolute atomic E-state index is 12.7. The van der Waals surface area contributed by atoms with Gasteiger partial charge < -0.3 is 5.73 Å². The van der Waals surface area contributed by atoms with Crippen molar-refractivity contribution in [3.63, 3.8) is 0 Å². The summed E-state index contributed by atoms with van der Waals surface area (Å²) in [6.45, 7) is 0. The lowest BCUT2D eigenvalue weighted by Crippen LogP contribution is -2.23. The van der Waals surface area contributed by atoms with Gasteiger partial charge in [-0.15, -0.1) is 0 Å². The molecule has 7 nitrogen and oxygen atoms in total. The molecule has 0 bridgehead atoms. The van der Waals surface area contributed by atoms with Crippen molar-refractivity contribution in [2.45, 2.75) is 17.0 Å². The van der Waals surface area contributed by atoms with Crippen molar-refractivity contribution in [3.8, 4) is 11.1 Å². The van der Waals surface area contributed by atoms with Crippen LogP contribution in [0.1, 0.15) is 22.9 Å². The van der Waals surface area contributed by atoms with E-state index in [9.17, 15) is 26.4 Å². The lowest BCUT2D eigenvalue weighted by Gasteiger charge is -2.18. The quantitative estimate of drug-likeness (QED) is 0.592. The number of rotatable bonds is 5. The van der Waals surface area contributed by atoms with Gasteiger partial charge in [0.15, 0.2) is 0 Å². The summed E-state index contributed by atoms with van der Waals surface area (Å²) in [6.07, 6.45) is -3.09. The van der Waals surface area contributed by atoms with Gasteiger partial charge in [0.05, 0.1) is 10.8 Å². The molecule has 0 aliphatic carbocycles. The van der Waals surface area contributed by atoms with Crippen LogP contribution in [-0.2, 0) is 21.0 Å². The van der Waals surface area contributed by atoms with E-state index in [4.69, 9.17) is 22.5 Å². The third-order valence-electron chi connectivity index (χ3n) is 4.36. The first-order valence-electron chi connectivity index (χ1n) is 8.49. The van der Waals surface area contributed by atoms with Crippen LogP contribution >= 0.6 is 11.6 Å². The molecule has 1 unspecified atom stereocenters. The standard InChI is InChI=1S/C19H14ClF3N4O3S/c20-14-4-2-1-3-13(14)16(17(24)28)10-5-6-12(15(7-10)31(25,29)30)11-8-26-18(27-9-11)19(21,22)23/h1-9,16H,(H2,24,28)(H2,25,29,30). The number of amides is 1. The van der Waals surface area contributed by atoms with Crippen LogP contribution in [0, 0.1) is 0 Å². The molecule has 3 rings (SSSR count). The first kappa shape index (κ1) is 22.7. The van der Waals surface area contributed by atoms with E-state index in [0.717, 1.165) is 18.5 Å². The van der Waals surface area contributed by atoms with Gasteiger partial charge in [-0.25, -0.2) is 23.5 Å². The molecule has 0 saturated carbocycles. The molecule has 1 aromatic heterocycles. The zero-order chi connectivity index (χ0) is 23.0. The molecule has 1 amide bonds. The molecule has 0 radical (unpaired) electrons. The van der Waals surface area contributed by atoms with Crippen molar-refractivity contribution < 1.29 is 26.4 Å². The van der Waals surface area contributed by atoms with E-state index in [2.05, 4.69) is 9.97 Å². The Morgan fingerprint density at radius 2 is 1.68 bits per heavy atom. The molecular weight excluding hydrogens is 457 g/mol. The molecule has 2 aromatic carbocycles. The number of nitrogens with two attached hydrogens (primary N) is 2. The number of hydrogen-bond donors (Lipinski definition) is 2. The first-order valence-corrected chi connectivity index (χ1v) is 10.4. The van der Waals surface area contributed by atoms with Gasteiger partial charge in [0.1, 0.15) is 0 Å². The fourth-order valence-electron chi connectivity index (χ4n) is 3.01. The van der Waals surface area contributed by atoms with Crippen LogP contribution in [0.15, 0.2) is 59.8 Å². The van der Waals surface area contributed by atoms with Crippen molar-refractivity contribution in [1.29, 1.82) is 0 Å². The fourth-order valence-corrected chi connectivity index (χ4v) is 4.05. The predicted octanol–water partition coefficient (Wildman–Crippen LogP) is 3.08. The average molecular weight is 471 g/mol. The van der Waals surface area contributed by atoms with Crippen LogP contribution in [-0.4, -0.2) is 24.3 Å². The average Bonchev–Trinajstić information content (AvgIpc) is 2.68. The molecule has 31 heavy (non-hydrogen) atoms. The van der Waals surface area contributed by atoms with E-state index in [0.29, 0.717) is 5.56 Å². The van der Waals surface area contributed by atoms with Crippen LogP contribution in [0.4, 0.5) is 13.2 Å². The summed E-state index contributed by atoms with van der Waals surface area (Å²) < 4.78 is 62.6. The molecular formula is C19H14ClF3N4O3S. The highest BCUT2D eigenvalue weighted by Crippen LogP contribution is 2.35. The minimum atomic E-state index is -4.76. The van der Waals surface area contributed by atoms with Crippen molar-refractivity contribution in [2.75, 3.05) is 0 Å². The third-order valence-corrected chi connectivity index (χ3v) is 5.66. The number of carbonyl (C=O) groups excluding carboxylic acids is 1. The van der Waals surface area contributed by atoms with Gasteiger partial charge >= 0.3 is 6.18 Å². The number of sulfonamides is 1. The molecule has 0 fully saturated rings. The zero-order valence-corrected chi connectivity index (χ0v) is 17.0. The Hall–Kier alpha value is -3.02. The lowest BCUT2D eigenvalue weighted by atomic mass is 9.89. The molecule has 0 spiro atoms. The normalized spacial score (nSPS) is 13.1. The summed E-state index contributed by atoms with van der Waals surface area (Å²) in [5.41, 5.74) is 6.01. The smallest absolute Gasteiger partial charge is 0.369 e. The number of aromatic nitrogens is 2. The highest BCUT2D eigenvalue weighted by molar-refractivity contribution is 7.89. The maximum Gasteiger partial charge on any atom is 0.451 e. The summed E-state index contributed by atoms with van der Waals surface area (Å²) in [6, 6.07) is 10.2. The number of carbonyl (C=O) groups is 1. The Labute approximate surface area is 179 Å². The SMILES string of the molecule is NC(=O)C(c1ccc(-c2cnc(C(F)(F)F)nc2)c(S(N)(=O)=O)c1)c1ccccc1Cl. The van der Waals surface area contributed by atoms with Crippen LogP contribution in [0.2, 0.25) is 5.02 Å². The number of alkyl halides is 3. The van der Waals surface area contributed by atoms with Gasteiger partial charge in [0.25, 0.3) is 0 Å². The minimum Gasteiger partial charge on any atom is -0.369 e. The lowest BCUT2D eigenvalue weighted by molar-refractivity contribution is -0.145. The van der Waals surface area contributed by atoms with Gasteiger partial charge in [-0.2, -0.15) is 13.2 Å². The first-order chi connectivity index (χ1) is 14.4. The Balaban J connectivity index is 2.17. The van der Waals surface area contributed by atoms with Crippen molar-refractivity contribution >= 4 is 27.5 Å². The molecule has 3 aromatic rings. The molecule has 0 saturated heterocycles. The highest BCUT2D eigenvalue weighted by atomic mass is 35.5. The molecule has 0 aliphatic rings. The fraction of sp³-hybridized carbons (Fsp3) is 0.105. The molecule has 0 aliphatic heterocycles. The van der Waals surface area contributed by atoms with Crippen molar-refractivity contribution in [3.05, 3.63) is 76.8 Å². The van der Waals surface area contributed by atoms with E-state index in [1.807, 2.05) is 0 Å². The monoisotopic (exact) mass is 470 g/mol. The third kappa shape index (κ3) is 4.84. The van der Waals surface area contributed by atoms with Crippen LogP contribution in [0.25, 0.3) is 11.1 Å². The second-order valence-corrected chi connectivity index (χ2v) is 8.39. The second-order valence-electron chi connectivity index (χ2n) is 6.45. The van der Waals surface area contributed by atoms with Gasteiger partial charge in [-0.05, 0) is 23.3 Å².